The maximum atomic E-state index is 13.6. The minimum Gasteiger partial charge on any atom is -0.465 e. The number of ether oxygens (including phenoxy) is 3. The third kappa shape index (κ3) is 21.6. The van der Waals surface area contributed by atoms with E-state index in [1.165, 1.54) is 0 Å². The zero-order chi connectivity index (χ0) is 82.9. The second-order valence-corrected chi connectivity index (χ2v) is 32.0. The summed E-state index contributed by atoms with van der Waals surface area (Å²) in [4.78, 5) is 198. The summed E-state index contributed by atoms with van der Waals surface area (Å²) in [6, 6.07) is 15.7. The van der Waals surface area contributed by atoms with Crippen LogP contribution in [0, 0.1) is 11.8 Å². The molecule has 11 aliphatic rings. The van der Waals surface area contributed by atoms with Gasteiger partial charge in [0, 0.05) is 61.1 Å². The molecule has 14 rings (SSSR count). The van der Waals surface area contributed by atoms with Gasteiger partial charge in [-0.05, 0) is 185 Å². The SMILES string of the molecule is CN[C@@H](C)C(=O)N[C@H]1CCCC[C@H]2CC[C@@H](C(=O)NCc3cccc(C(=O)N4CC5CCC4C(=O)O5)c3)N2C1=O.CN[C@@H](C)C(=O)N[C@H]1CCCC[C@H]2CC[C@@H](C(=O)NCc3cccc(NC(=O)C4CCOC4=O)c3)N2C1=O.CN[C@@H](C)C(=O)N[C@H]1CCCC[C@H]2CC[C@@H](C(=O)NCc3cccc(NC(=O)C4COC(=O)C4)c3)N2C1=O. The van der Waals surface area contributed by atoms with Crippen LogP contribution in [0.5, 0.6) is 0 Å². The molecule has 33 heteroatoms. The minimum atomic E-state index is -0.806. The number of likely N-dealkylation sites (N-methyl/N-ethyl adjacent to an activating group) is 3. The number of nitrogens with one attached hydrogen (secondary N) is 11. The number of rotatable bonds is 23. The standard InChI is InChI=1S/C29H39N5O6.2C27H37N5O6/c1-17(30-2)25(35)32-22-9-4-3-8-20-10-12-23(34(20)28(22)38)26(36)31-15-18-6-5-7-19(14-18)27(37)33-16-21-11-13-24(33)29(39)40-21;1-16(28-2)24(34)31-21-9-4-3-8-20-10-11-22(32(20)27(21)37)26(36)29-14-17-6-5-7-19(12-17)30-25(35)18-13-23(33)38-15-18;1-16(28-2)23(33)31-21-9-4-3-8-19-10-11-22(32(19)26(21)36)25(35)29-15-17-6-5-7-18(14-17)30-24(34)20-12-13-38-27(20)37/h5-7,14,17,20-24,30H,3-4,8-13,15-16H2,1-2H3,(H,31,36)(H,32,35);5-7,12,16,18,20-22,28H,3-4,8-11,13-15H2,1-2H3,(H,29,36)(H,30,35)(H,31,34);5-7,14,16,19-22,28H,3-4,8-13,15H2,1-2H3,(H,29,35)(H,30,34)(H,31,33)/t17-,20-,21?,22-,23-,24?;16-,18?,20-,21-,22-;16-,19-,20?,21-,22-/m000/s1. The van der Waals surface area contributed by atoms with Gasteiger partial charge in [0.15, 0.2) is 0 Å². The van der Waals surface area contributed by atoms with Crippen molar-refractivity contribution in [1.29, 1.82) is 0 Å². The van der Waals surface area contributed by atoms with Gasteiger partial charge < -0.3 is 92.3 Å². The second-order valence-electron chi connectivity index (χ2n) is 32.0. The second kappa shape index (κ2) is 40.4. The van der Waals surface area contributed by atoms with Gasteiger partial charge in [0.1, 0.15) is 60.9 Å². The highest BCUT2D eigenvalue weighted by Gasteiger charge is 2.49. The van der Waals surface area contributed by atoms with Crippen LogP contribution in [0.25, 0.3) is 0 Å². The molecule has 0 saturated carbocycles. The van der Waals surface area contributed by atoms with E-state index in [4.69, 9.17) is 14.2 Å². The smallest absolute Gasteiger partial charge is 0.329 e. The fourth-order valence-corrected chi connectivity index (χ4v) is 17.1. The van der Waals surface area contributed by atoms with E-state index in [0.29, 0.717) is 74.8 Å². The summed E-state index contributed by atoms with van der Waals surface area (Å²) in [5, 5.41) is 31.7. The molecular weight excluding hydrogens is 1490 g/mol. The lowest BCUT2D eigenvalue weighted by Gasteiger charge is -2.43. The average Bonchev–Trinajstić information content (AvgIpc) is 0.935. The summed E-state index contributed by atoms with van der Waals surface area (Å²) in [6.45, 7) is 6.60. The minimum absolute atomic E-state index is 0.00957. The van der Waals surface area contributed by atoms with E-state index in [1.807, 2.05) is 18.2 Å². The van der Waals surface area contributed by atoms with Crippen molar-refractivity contribution in [2.75, 3.05) is 51.5 Å². The third-order valence-electron chi connectivity index (χ3n) is 24.1. The highest BCUT2D eigenvalue weighted by Crippen LogP contribution is 2.36. The van der Waals surface area contributed by atoms with Crippen molar-refractivity contribution in [3.63, 3.8) is 0 Å². The lowest BCUT2D eigenvalue weighted by atomic mass is 9.95. The Balaban J connectivity index is 0.000000171. The first-order valence-electron chi connectivity index (χ1n) is 41.3. The molecule has 0 spiro atoms. The van der Waals surface area contributed by atoms with Gasteiger partial charge in [0.05, 0.1) is 43.6 Å². The zero-order valence-corrected chi connectivity index (χ0v) is 67.1. The normalized spacial score (nSPS) is 26.9. The number of morpholine rings is 1. The van der Waals surface area contributed by atoms with Crippen molar-refractivity contribution >= 4 is 100 Å². The molecular formula is C83H113N15O18. The molecule has 0 aliphatic carbocycles. The molecule has 16 atom stereocenters. The number of carbonyl (C=O) groups excluding carboxylic acids is 15. The van der Waals surface area contributed by atoms with Crippen LogP contribution >= 0.6 is 0 Å². The largest absolute Gasteiger partial charge is 0.465 e. The highest BCUT2D eigenvalue weighted by atomic mass is 16.6. The Kier molecular flexibility index (Phi) is 30.1. The number of anilines is 2. The Bertz CT molecular complexity index is 4140. The van der Waals surface area contributed by atoms with Crippen molar-refractivity contribution in [2.24, 2.45) is 11.8 Å². The van der Waals surface area contributed by atoms with Gasteiger partial charge in [-0.1, -0.05) is 74.9 Å². The van der Waals surface area contributed by atoms with Gasteiger partial charge in [0.2, 0.25) is 65.0 Å². The van der Waals surface area contributed by atoms with Crippen molar-refractivity contribution in [3.05, 3.63) is 95.1 Å². The Hall–Kier alpha value is -10.4. The van der Waals surface area contributed by atoms with Gasteiger partial charge in [-0.2, -0.15) is 0 Å². The number of hydrogen-bond donors (Lipinski definition) is 11. The summed E-state index contributed by atoms with van der Waals surface area (Å²) in [5.74, 6) is -5.45. The summed E-state index contributed by atoms with van der Waals surface area (Å²) in [6.07, 6.45) is 15.1. The number of cyclic esters (lactones) is 2. The number of nitrogens with zero attached hydrogens (tertiary/aromatic N) is 4. The first-order valence-corrected chi connectivity index (χ1v) is 41.3. The molecule has 0 aromatic heterocycles. The quantitative estimate of drug-likeness (QED) is 0.0369. The van der Waals surface area contributed by atoms with Crippen molar-refractivity contribution in [2.45, 2.75) is 266 Å². The fourth-order valence-electron chi connectivity index (χ4n) is 17.1. The highest BCUT2D eigenvalue weighted by molar-refractivity contribution is 6.06. The number of esters is 3. The predicted molar refractivity (Wildman–Crippen MR) is 422 cm³/mol. The number of fused-ring (bicyclic) bond motifs is 6. The molecule has 11 fully saturated rings. The zero-order valence-electron chi connectivity index (χ0n) is 67.1. The molecule has 11 N–H and O–H groups in total. The van der Waals surface area contributed by atoms with Gasteiger partial charge in [0.25, 0.3) is 5.91 Å². The summed E-state index contributed by atoms with van der Waals surface area (Å²) < 4.78 is 15.0. The van der Waals surface area contributed by atoms with E-state index in [-0.39, 0.29) is 140 Å². The molecule has 3 aromatic rings. The van der Waals surface area contributed by atoms with Crippen LogP contribution in [-0.2, 0) is 101 Å². The molecule has 2 bridgehead atoms. The molecule has 0 radical (unpaired) electrons. The van der Waals surface area contributed by atoms with Crippen molar-refractivity contribution in [1.82, 2.24) is 67.5 Å². The van der Waals surface area contributed by atoms with Gasteiger partial charge >= 0.3 is 17.9 Å². The van der Waals surface area contributed by atoms with Crippen molar-refractivity contribution in [3.8, 4) is 0 Å². The maximum absolute atomic E-state index is 13.6. The number of amides is 12. The van der Waals surface area contributed by atoms with Crippen LogP contribution in [0.2, 0.25) is 0 Å². The van der Waals surface area contributed by atoms with E-state index >= 15 is 0 Å². The monoisotopic (exact) mass is 1610 g/mol. The van der Waals surface area contributed by atoms with Gasteiger partial charge in [-0.3, -0.25) is 67.1 Å². The van der Waals surface area contributed by atoms with Crippen LogP contribution in [0.3, 0.4) is 0 Å². The molecule has 33 nitrogen and oxygen atoms in total. The van der Waals surface area contributed by atoms with E-state index in [9.17, 15) is 71.9 Å². The maximum Gasteiger partial charge on any atom is 0.329 e. The van der Waals surface area contributed by atoms with Crippen LogP contribution in [0.1, 0.15) is 189 Å². The number of hydrogen-bond acceptors (Lipinski definition) is 21. The molecule has 11 saturated heterocycles. The summed E-state index contributed by atoms with van der Waals surface area (Å²) in [7, 11) is 5.08. The summed E-state index contributed by atoms with van der Waals surface area (Å²) >= 11 is 0. The molecule has 628 valence electrons. The Morgan fingerprint density at radius 3 is 1.24 bits per heavy atom. The van der Waals surface area contributed by atoms with Gasteiger partial charge in [-0.25, -0.2) is 4.79 Å². The molecule has 11 aliphatic heterocycles. The van der Waals surface area contributed by atoms with Crippen LogP contribution in [0.15, 0.2) is 72.8 Å². The number of piperidine rings is 1. The lowest BCUT2D eigenvalue weighted by molar-refractivity contribution is -0.172. The lowest BCUT2D eigenvalue weighted by Crippen LogP contribution is -2.59. The number of benzene rings is 3. The molecule has 11 heterocycles. The average molecular weight is 1610 g/mol. The van der Waals surface area contributed by atoms with E-state index < -0.39 is 84.1 Å². The van der Waals surface area contributed by atoms with E-state index in [2.05, 4.69) is 58.5 Å². The fraction of sp³-hybridized carbons (Fsp3) is 0.602. The Morgan fingerprint density at radius 2 is 0.853 bits per heavy atom. The molecule has 12 amide bonds. The van der Waals surface area contributed by atoms with E-state index in [1.54, 1.807) is 116 Å². The first-order chi connectivity index (χ1) is 55.8. The number of carbonyl (C=O) groups is 15. The Labute approximate surface area is 675 Å². The third-order valence-corrected chi connectivity index (χ3v) is 24.1. The topological polar surface area (TPSA) is 429 Å². The molecule has 3 aromatic carbocycles. The van der Waals surface area contributed by atoms with Gasteiger partial charge in [-0.15, -0.1) is 0 Å². The van der Waals surface area contributed by atoms with E-state index in [0.717, 1.165) is 100 Å². The molecule has 116 heavy (non-hydrogen) atoms. The van der Waals surface area contributed by atoms with Crippen LogP contribution < -0.4 is 58.5 Å². The first kappa shape index (κ1) is 86.4. The van der Waals surface area contributed by atoms with Crippen LogP contribution in [-0.4, -0.2) is 234 Å². The predicted octanol–water partition coefficient (Wildman–Crippen LogP) is 2.52. The van der Waals surface area contributed by atoms with Crippen molar-refractivity contribution < 1.29 is 86.1 Å². The Morgan fingerprint density at radius 1 is 0.440 bits per heavy atom. The summed E-state index contributed by atoms with van der Waals surface area (Å²) in [5.41, 5.74) is 3.86. The molecule has 4 unspecified atom stereocenters. The van der Waals surface area contributed by atoms with Crippen LogP contribution in [0.4, 0.5) is 11.4 Å².